The van der Waals surface area contributed by atoms with Crippen LogP contribution in [0.15, 0.2) is 4.99 Å². The summed E-state index contributed by atoms with van der Waals surface area (Å²) in [5.74, 6) is 1.17. The van der Waals surface area contributed by atoms with Crippen LogP contribution in [0, 0.1) is 0 Å². The number of piperazine rings is 4. The number of carbonyl (C=O) groups excluding carboxylic acids is 1. The Hall–Kier alpha value is -1.38. The molecule has 1 N–H and O–H groups in total. The number of hydrogen-bond acceptors (Lipinski definition) is 5. The van der Waals surface area contributed by atoms with Crippen molar-refractivity contribution < 1.29 is 9.53 Å². The van der Waals surface area contributed by atoms with Crippen molar-refractivity contribution in [2.45, 2.75) is 31.9 Å². The van der Waals surface area contributed by atoms with E-state index in [1.165, 1.54) is 26.2 Å². The first-order valence-electron chi connectivity index (χ1n) is 10.6. The lowest BCUT2D eigenvalue weighted by Crippen LogP contribution is -2.62. The topological polar surface area (TPSA) is 63.7 Å². The van der Waals surface area contributed by atoms with E-state index in [2.05, 4.69) is 26.9 Å². The highest BCUT2D eigenvalue weighted by Gasteiger charge is 2.33. The molecule has 5 heterocycles. The highest BCUT2D eigenvalue weighted by atomic mass is 16.5. The predicted molar refractivity (Wildman–Crippen MR) is 105 cm³/mol. The fraction of sp³-hybridized carbons (Fsp3) is 0.895. The van der Waals surface area contributed by atoms with Crippen molar-refractivity contribution in [1.29, 1.82) is 0 Å². The number of aliphatic imine (C=N–C) groups is 1. The maximum atomic E-state index is 12.5. The second-order valence-electron chi connectivity index (χ2n) is 8.00. The lowest BCUT2D eigenvalue weighted by Gasteiger charge is -2.47. The number of guanidine groups is 1. The Balaban J connectivity index is 1.30. The van der Waals surface area contributed by atoms with E-state index in [1.807, 2.05) is 4.90 Å². The van der Waals surface area contributed by atoms with E-state index >= 15 is 0 Å². The number of ether oxygens (including phenoxy) is 1. The molecule has 5 aliphatic rings. The average molecular weight is 379 g/mol. The summed E-state index contributed by atoms with van der Waals surface area (Å²) in [5.41, 5.74) is 0. The standard InChI is InChI=1S/C19H34N6O2/c1-2-20-19(21-14-16-15-22-5-7-23(16)8-6-22)25-11-9-24(10-12-25)18(26)17-4-3-13-27-17/h16-17H,2-15H2,1H3,(H,20,21). The number of nitrogens with one attached hydrogen (secondary N) is 1. The van der Waals surface area contributed by atoms with Crippen LogP contribution in [0.1, 0.15) is 19.8 Å². The van der Waals surface area contributed by atoms with Crippen LogP contribution in [0.3, 0.4) is 0 Å². The van der Waals surface area contributed by atoms with Crippen molar-refractivity contribution in [1.82, 2.24) is 24.9 Å². The van der Waals surface area contributed by atoms with Crippen molar-refractivity contribution in [3.8, 4) is 0 Å². The molecule has 0 radical (unpaired) electrons. The molecule has 27 heavy (non-hydrogen) atoms. The van der Waals surface area contributed by atoms with Gasteiger partial charge in [0.05, 0.1) is 6.54 Å². The summed E-state index contributed by atoms with van der Waals surface area (Å²) in [4.78, 5) is 26.9. The molecule has 0 aromatic rings. The van der Waals surface area contributed by atoms with Crippen LogP contribution in [0.25, 0.3) is 0 Å². The minimum atomic E-state index is -0.204. The molecular formula is C19H34N6O2. The van der Waals surface area contributed by atoms with E-state index in [-0.39, 0.29) is 12.0 Å². The summed E-state index contributed by atoms with van der Waals surface area (Å²) < 4.78 is 5.56. The van der Waals surface area contributed by atoms with Gasteiger partial charge in [-0.1, -0.05) is 0 Å². The maximum absolute atomic E-state index is 12.5. The molecule has 5 rings (SSSR count). The van der Waals surface area contributed by atoms with Crippen molar-refractivity contribution in [2.24, 2.45) is 4.99 Å². The number of amides is 1. The predicted octanol–water partition coefficient (Wildman–Crippen LogP) is -0.725. The van der Waals surface area contributed by atoms with E-state index < -0.39 is 0 Å². The molecule has 0 aliphatic carbocycles. The number of nitrogens with zero attached hydrogens (tertiary/aromatic N) is 5. The zero-order valence-corrected chi connectivity index (χ0v) is 16.6. The third kappa shape index (κ3) is 4.38. The van der Waals surface area contributed by atoms with Gasteiger partial charge >= 0.3 is 0 Å². The molecule has 5 saturated heterocycles. The first kappa shape index (κ1) is 19.0. The maximum Gasteiger partial charge on any atom is 0.251 e. The Morgan fingerprint density at radius 1 is 1.07 bits per heavy atom. The van der Waals surface area contributed by atoms with Gasteiger partial charge in [0.15, 0.2) is 5.96 Å². The zero-order valence-electron chi connectivity index (χ0n) is 16.6. The first-order chi connectivity index (χ1) is 13.2. The monoisotopic (exact) mass is 378 g/mol. The van der Waals surface area contributed by atoms with Crippen molar-refractivity contribution in [3.63, 3.8) is 0 Å². The number of rotatable bonds is 4. The van der Waals surface area contributed by atoms with E-state index in [9.17, 15) is 4.79 Å². The van der Waals surface area contributed by atoms with Gasteiger partial charge in [0.25, 0.3) is 5.91 Å². The lowest BCUT2D eigenvalue weighted by molar-refractivity contribution is -0.142. The van der Waals surface area contributed by atoms with Gasteiger partial charge in [0.1, 0.15) is 6.10 Å². The highest BCUT2D eigenvalue weighted by molar-refractivity contribution is 5.82. The smallest absolute Gasteiger partial charge is 0.251 e. The average Bonchev–Trinajstić information content (AvgIpc) is 3.26. The summed E-state index contributed by atoms with van der Waals surface area (Å²) in [6, 6.07) is 0.545. The fourth-order valence-corrected chi connectivity index (χ4v) is 4.63. The number of fused-ring (bicyclic) bond motifs is 3. The minimum Gasteiger partial charge on any atom is -0.368 e. The molecule has 0 aromatic carbocycles. The van der Waals surface area contributed by atoms with Crippen LogP contribution < -0.4 is 5.32 Å². The quantitative estimate of drug-likeness (QED) is 0.514. The Kier molecular flexibility index (Phi) is 6.14. The van der Waals surface area contributed by atoms with Crippen LogP contribution in [-0.2, 0) is 9.53 Å². The highest BCUT2D eigenvalue weighted by Crippen LogP contribution is 2.17. The normalized spacial score (nSPS) is 34.2. The molecule has 152 valence electrons. The molecule has 0 spiro atoms. The summed E-state index contributed by atoms with van der Waals surface area (Å²) >= 11 is 0. The van der Waals surface area contributed by atoms with Gasteiger partial charge in [-0.05, 0) is 19.8 Å². The number of carbonyl (C=O) groups is 1. The Morgan fingerprint density at radius 2 is 1.81 bits per heavy atom. The Bertz CT molecular complexity index is 534. The molecular weight excluding hydrogens is 344 g/mol. The Labute approximate surface area is 162 Å². The molecule has 2 unspecified atom stereocenters. The van der Waals surface area contributed by atoms with Crippen LogP contribution in [0.5, 0.6) is 0 Å². The summed E-state index contributed by atoms with van der Waals surface area (Å²) in [7, 11) is 0. The molecule has 8 nitrogen and oxygen atoms in total. The molecule has 1 amide bonds. The lowest BCUT2D eigenvalue weighted by atomic mass is 10.1. The third-order valence-electron chi connectivity index (χ3n) is 6.27. The molecule has 8 heteroatoms. The van der Waals surface area contributed by atoms with E-state index in [1.54, 1.807) is 0 Å². The van der Waals surface area contributed by atoms with Crippen LogP contribution >= 0.6 is 0 Å². The van der Waals surface area contributed by atoms with Crippen LogP contribution in [0.2, 0.25) is 0 Å². The SMILES string of the molecule is CCNC(=NCC1CN2CCN1CC2)N1CCN(C(=O)C2CCCO2)CC1. The van der Waals surface area contributed by atoms with E-state index in [4.69, 9.17) is 9.73 Å². The van der Waals surface area contributed by atoms with Crippen molar-refractivity contribution in [3.05, 3.63) is 0 Å². The van der Waals surface area contributed by atoms with Gasteiger partial charge < -0.3 is 19.9 Å². The van der Waals surface area contributed by atoms with Gasteiger partial charge in [0.2, 0.25) is 0 Å². The summed E-state index contributed by atoms with van der Waals surface area (Å²) in [5, 5.41) is 3.45. The minimum absolute atomic E-state index is 0.175. The fourth-order valence-electron chi connectivity index (χ4n) is 4.63. The first-order valence-corrected chi connectivity index (χ1v) is 10.6. The van der Waals surface area contributed by atoms with Crippen molar-refractivity contribution in [2.75, 3.05) is 78.6 Å². The largest absolute Gasteiger partial charge is 0.368 e. The summed E-state index contributed by atoms with van der Waals surface area (Å²) in [6.45, 7) is 13.7. The van der Waals surface area contributed by atoms with Gasteiger partial charge in [0, 0.05) is 78.1 Å². The molecule has 0 aromatic heterocycles. The number of hydrogen-bond donors (Lipinski definition) is 1. The second kappa shape index (κ2) is 8.75. The zero-order chi connectivity index (χ0) is 18.6. The van der Waals surface area contributed by atoms with Crippen molar-refractivity contribution >= 4 is 11.9 Å². The molecule has 0 saturated carbocycles. The summed E-state index contributed by atoms with van der Waals surface area (Å²) in [6.07, 6.45) is 1.67. The van der Waals surface area contributed by atoms with E-state index in [0.717, 1.165) is 71.2 Å². The van der Waals surface area contributed by atoms with Gasteiger partial charge in [-0.25, -0.2) is 0 Å². The molecule has 2 bridgehead atoms. The van der Waals surface area contributed by atoms with Crippen LogP contribution in [0.4, 0.5) is 0 Å². The van der Waals surface area contributed by atoms with Crippen LogP contribution in [-0.4, -0.2) is 122 Å². The third-order valence-corrected chi connectivity index (χ3v) is 6.27. The Morgan fingerprint density at radius 3 is 2.41 bits per heavy atom. The molecule has 5 fully saturated rings. The molecule has 2 atom stereocenters. The van der Waals surface area contributed by atoms with E-state index in [0.29, 0.717) is 6.04 Å². The van der Waals surface area contributed by atoms with Gasteiger partial charge in [-0.15, -0.1) is 0 Å². The van der Waals surface area contributed by atoms with Gasteiger partial charge in [-0.2, -0.15) is 0 Å². The second-order valence-corrected chi connectivity index (χ2v) is 8.00. The van der Waals surface area contributed by atoms with Gasteiger partial charge in [-0.3, -0.25) is 19.6 Å². The molecule has 5 aliphatic heterocycles.